The van der Waals surface area contributed by atoms with Crippen LogP contribution >= 0.6 is 39.1 Å². The molecule has 8 nitrogen and oxygen atoms in total. The quantitative estimate of drug-likeness (QED) is 0.359. The number of amides is 2. The van der Waals surface area contributed by atoms with Gasteiger partial charge in [0.15, 0.2) is 11.6 Å². The molecular formula is C23H15BrCl2FN3O5S. The molecule has 13 heteroatoms. The van der Waals surface area contributed by atoms with Gasteiger partial charge in [-0.2, -0.15) is 5.26 Å². The number of sulfonamides is 1. The van der Waals surface area contributed by atoms with E-state index in [-0.39, 0.29) is 47.7 Å². The van der Waals surface area contributed by atoms with Gasteiger partial charge in [-0.1, -0.05) is 29.3 Å². The molecule has 0 aliphatic heterocycles. The third-order valence-corrected chi connectivity index (χ3v) is 7.09. The largest absolute Gasteiger partial charge is 0.453 e. The predicted molar refractivity (Wildman–Crippen MR) is 135 cm³/mol. The number of hydrogen-bond donors (Lipinski definition) is 2. The molecule has 0 spiro atoms. The standard InChI is InChI=1S/C23H15BrCl2FN3O5S/c1-12(31)30-36(33,34)17-3-5-20(19(26)10-17)29-21(32)8-14-2-4-18(24)23(22(14)27)35-16-7-13(11-28)6-15(25)9-16/h2-7,9-10H,8H2,1H3,(H,29,32)(H,30,31). The maximum atomic E-state index is 15.2. The summed E-state index contributed by atoms with van der Waals surface area (Å²) in [6.45, 7) is 1.05. The van der Waals surface area contributed by atoms with Gasteiger partial charge in [0.05, 0.1) is 38.1 Å². The summed E-state index contributed by atoms with van der Waals surface area (Å²) in [6.07, 6.45) is -0.406. The SMILES string of the molecule is CC(=O)NS(=O)(=O)c1ccc(NC(=O)Cc2ccc(Br)c(Oc3cc(Cl)cc(C#N)c3)c2F)c(Cl)c1. The van der Waals surface area contributed by atoms with Crippen LogP contribution in [-0.2, 0) is 26.0 Å². The lowest BCUT2D eigenvalue weighted by Gasteiger charge is -2.13. The zero-order valence-corrected chi connectivity index (χ0v) is 22.1. The van der Waals surface area contributed by atoms with Gasteiger partial charge in [0, 0.05) is 17.5 Å². The van der Waals surface area contributed by atoms with Crippen molar-refractivity contribution in [3.63, 3.8) is 0 Å². The second-order valence-corrected chi connectivity index (χ2v) is 10.6. The van der Waals surface area contributed by atoms with Crippen LogP contribution in [0.2, 0.25) is 10.0 Å². The molecule has 2 N–H and O–H groups in total. The Hall–Kier alpha value is -3.17. The van der Waals surface area contributed by atoms with Gasteiger partial charge in [0.25, 0.3) is 10.0 Å². The van der Waals surface area contributed by atoms with Crippen molar-refractivity contribution in [2.75, 3.05) is 5.32 Å². The van der Waals surface area contributed by atoms with Crippen molar-refractivity contribution in [1.29, 1.82) is 5.26 Å². The lowest BCUT2D eigenvalue weighted by atomic mass is 10.1. The lowest BCUT2D eigenvalue weighted by Crippen LogP contribution is -2.28. The summed E-state index contributed by atoms with van der Waals surface area (Å²) in [5.41, 5.74) is 0.298. The van der Waals surface area contributed by atoms with E-state index in [4.69, 9.17) is 33.2 Å². The minimum absolute atomic E-state index is 0.00536. The number of ether oxygens (including phenoxy) is 1. The van der Waals surface area contributed by atoms with E-state index in [1.807, 2.05) is 6.07 Å². The van der Waals surface area contributed by atoms with Gasteiger partial charge in [-0.3, -0.25) is 9.59 Å². The fraction of sp³-hybridized carbons (Fsp3) is 0.0870. The van der Waals surface area contributed by atoms with Crippen LogP contribution in [0, 0.1) is 17.1 Å². The number of carbonyl (C=O) groups is 2. The molecule has 3 rings (SSSR count). The molecule has 0 radical (unpaired) electrons. The van der Waals surface area contributed by atoms with Gasteiger partial charge in [-0.05, 0) is 58.4 Å². The molecule has 3 aromatic carbocycles. The summed E-state index contributed by atoms with van der Waals surface area (Å²) < 4.78 is 47.1. The van der Waals surface area contributed by atoms with Crippen molar-refractivity contribution >= 4 is 66.7 Å². The number of benzene rings is 3. The first-order valence-corrected chi connectivity index (χ1v) is 12.9. The summed E-state index contributed by atoms with van der Waals surface area (Å²) >= 11 is 15.3. The van der Waals surface area contributed by atoms with Crippen molar-refractivity contribution in [2.45, 2.75) is 18.2 Å². The summed E-state index contributed by atoms with van der Waals surface area (Å²) in [5, 5.41) is 11.7. The number of anilines is 1. The van der Waals surface area contributed by atoms with Crippen molar-refractivity contribution in [2.24, 2.45) is 0 Å². The van der Waals surface area contributed by atoms with E-state index < -0.39 is 34.1 Å². The third-order valence-electron chi connectivity index (χ3n) is 4.50. The molecule has 2 amide bonds. The van der Waals surface area contributed by atoms with Gasteiger partial charge in [-0.15, -0.1) is 0 Å². The summed E-state index contributed by atoms with van der Waals surface area (Å²) in [7, 11) is -4.11. The van der Waals surface area contributed by atoms with Gasteiger partial charge >= 0.3 is 0 Å². The van der Waals surface area contributed by atoms with Crippen LogP contribution in [0.15, 0.2) is 57.9 Å². The van der Waals surface area contributed by atoms with E-state index in [1.165, 1.54) is 36.4 Å². The van der Waals surface area contributed by atoms with Gasteiger partial charge in [0.2, 0.25) is 11.8 Å². The Morgan fingerprint density at radius 2 is 1.86 bits per heavy atom. The smallest absolute Gasteiger partial charge is 0.264 e. The number of nitriles is 1. The van der Waals surface area contributed by atoms with E-state index in [2.05, 4.69) is 21.2 Å². The molecule has 0 aliphatic carbocycles. The first-order chi connectivity index (χ1) is 16.9. The molecule has 0 atom stereocenters. The number of rotatable bonds is 7. The second-order valence-electron chi connectivity index (χ2n) is 7.27. The minimum Gasteiger partial charge on any atom is -0.453 e. The van der Waals surface area contributed by atoms with Gasteiger partial charge in [-0.25, -0.2) is 17.5 Å². The average Bonchev–Trinajstić information content (AvgIpc) is 2.78. The first-order valence-electron chi connectivity index (χ1n) is 9.88. The number of nitrogens with one attached hydrogen (secondary N) is 2. The molecule has 0 fully saturated rings. The molecule has 0 unspecified atom stereocenters. The summed E-state index contributed by atoms with van der Waals surface area (Å²) in [5.74, 6) is -2.32. The number of hydrogen-bond acceptors (Lipinski definition) is 6. The van der Waals surface area contributed by atoms with Crippen molar-refractivity contribution in [3.8, 4) is 17.6 Å². The maximum absolute atomic E-state index is 15.2. The summed E-state index contributed by atoms with van der Waals surface area (Å²) in [6, 6.07) is 12.5. The van der Waals surface area contributed by atoms with Crippen LogP contribution in [0.1, 0.15) is 18.1 Å². The highest BCUT2D eigenvalue weighted by Gasteiger charge is 2.20. The summed E-state index contributed by atoms with van der Waals surface area (Å²) in [4.78, 5) is 23.4. The Morgan fingerprint density at radius 1 is 1.14 bits per heavy atom. The number of nitrogens with zero attached hydrogens (tertiary/aromatic N) is 1. The van der Waals surface area contributed by atoms with Crippen LogP contribution in [-0.4, -0.2) is 20.2 Å². The monoisotopic (exact) mass is 613 g/mol. The highest BCUT2D eigenvalue weighted by Crippen LogP contribution is 2.36. The van der Waals surface area contributed by atoms with Gasteiger partial charge < -0.3 is 10.1 Å². The van der Waals surface area contributed by atoms with Crippen LogP contribution in [0.3, 0.4) is 0 Å². The molecule has 3 aromatic rings. The molecule has 0 saturated heterocycles. The normalized spacial score (nSPS) is 10.9. The molecule has 0 heterocycles. The average molecular weight is 615 g/mol. The fourth-order valence-corrected chi connectivity index (χ4v) is 4.91. The molecular weight excluding hydrogens is 600 g/mol. The van der Waals surface area contributed by atoms with E-state index in [9.17, 15) is 18.0 Å². The maximum Gasteiger partial charge on any atom is 0.264 e. The lowest BCUT2D eigenvalue weighted by molar-refractivity contribution is -0.117. The second kappa shape index (κ2) is 11.3. The first kappa shape index (κ1) is 27.4. The highest BCUT2D eigenvalue weighted by molar-refractivity contribution is 9.10. The van der Waals surface area contributed by atoms with Crippen molar-refractivity contribution in [3.05, 3.63) is 80.0 Å². The predicted octanol–water partition coefficient (Wildman–Crippen LogP) is 5.56. The Kier molecular flexibility index (Phi) is 8.58. The fourth-order valence-electron chi connectivity index (χ4n) is 2.99. The van der Waals surface area contributed by atoms with E-state index in [0.717, 1.165) is 19.1 Å². The molecule has 0 aliphatic rings. The Balaban J connectivity index is 1.79. The minimum atomic E-state index is -4.11. The zero-order valence-electron chi connectivity index (χ0n) is 18.2. The molecule has 0 bridgehead atoms. The third kappa shape index (κ3) is 6.73. The van der Waals surface area contributed by atoms with Crippen molar-refractivity contribution < 1.29 is 27.1 Å². The van der Waals surface area contributed by atoms with E-state index >= 15 is 4.39 Å². The molecule has 36 heavy (non-hydrogen) atoms. The van der Waals surface area contributed by atoms with Crippen LogP contribution in [0.5, 0.6) is 11.5 Å². The Labute approximate surface area is 224 Å². The molecule has 0 saturated carbocycles. The van der Waals surface area contributed by atoms with Crippen molar-refractivity contribution in [1.82, 2.24) is 4.72 Å². The van der Waals surface area contributed by atoms with Crippen LogP contribution in [0.25, 0.3) is 0 Å². The van der Waals surface area contributed by atoms with Crippen LogP contribution in [0.4, 0.5) is 10.1 Å². The van der Waals surface area contributed by atoms with E-state index in [0.29, 0.717) is 0 Å². The molecule has 0 aromatic heterocycles. The van der Waals surface area contributed by atoms with Gasteiger partial charge in [0.1, 0.15) is 5.75 Å². The molecule has 186 valence electrons. The zero-order chi connectivity index (χ0) is 26.6. The number of carbonyl (C=O) groups excluding carboxylic acids is 2. The van der Waals surface area contributed by atoms with Crippen LogP contribution < -0.4 is 14.8 Å². The number of halogens is 4. The topological polar surface area (TPSA) is 125 Å². The van der Waals surface area contributed by atoms with E-state index in [1.54, 1.807) is 4.72 Å². The highest BCUT2D eigenvalue weighted by atomic mass is 79.9. The Morgan fingerprint density at radius 3 is 2.50 bits per heavy atom. The Bertz CT molecular complexity index is 1530.